The van der Waals surface area contributed by atoms with E-state index in [9.17, 15) is 13.2 Å². The van der Waals surface area contributed by atoms with E-state index in [0.29, 0.717) is 11.5 Å². The molecule has 3 heteroatoms. The lowest BCUT2D eigenvalue weighted by molar-refractivity contribution is 0.235. The molecule has 1 aromatic rings. The van der Waals surface area contributed by atoms with Crippen molar-refractivity contribution in [2.75, 3.05) is 0 Å². The lowest BCUT2D eigenvalue weighted by Crippen LogP contribution is -2.36. The Morgan fingerprint density at radius 3 is 2.20 bits per heavy atom. The van der Waals surface area contributed by atoms with E-state index >= 15 is 0 Å². The monoisotopic (exact) mass is 282 g/mol. The van der Waals surface area contributed by atoms with Crippen molar-refractivity contribution in [1.82, 2.24) is 0 Å². The smallest absolute Gasteiger partial charge is 0.194 e. The summed E-state index contributed by atoms with van der Waals surface area (Å²) in [6.45, 7) is 8.26. The third-order valence-electron chi connectivity index (χ3n) is 4.58. The van der Waals surface area contributed by atoms with Gasteiger partial charge in [0.15, 0.2) is 17.5 Å². The average Bonchev–Trinajstić information content (AvgIpc) is 2.34. The van der Waals surface area contributed by atoms with Crippen LogP contribution in [0.15, 0.2) is 23.8 Å². The van der Waals surface area contributed by atoms with Crippen molar-refractivity contribution in [1.29, 1.82) is 0 Å². The second-order valence-electron chi connectivity index (χ2n) is 6.42. The molecule has 0 spiro atoms. The van der Waals surface area contributed by atoms with Gasteiger partial charge in [-0.05, 0) is 49.3 Å². The largest absolute Gasteiger partial charge is 0.204 e. The topological polar surface area (TPSA) is 0 Å². The number of halogens is 3. The number of hydrogen-bond donors (Lipinski definition) is 0. The third kappa shape index (κ3) is 2.50. The molecule has 2 rings (SSSR count). The van der Waals surface area contributed by atoms with E-state index in [1.54, 1.807) is 0 Å². The number of rotatable bonds is 2. The van der Waals surface area contributed by atoms with Crippen LogP contribution in [0.2, 0.25) is 0 Å². The first-order valence-electron chi connectivity index (χ1n) is 7.09. The molecule has 0 nitrogen and oxygen atoms in total. The second kappa shape index (κ2) is 5.27. The van der Waals surface area contributed by atoms with Crippen molar-refractivity contribution in [2.24, 2.45) is 11.8 Å². The van der Waals surface area contributed by atoms with Gasteiger partial charge in [-0.2, -0.15) is 0 Å². The summed E-state index contributed by atoms with van der Waals surface area (Å²) in [6, 6.07) is 2.28. The Morgan fingerprint density at radius 1 is 1.15 bits per heavy atom. The fraction of sp³-hybridized carbons (Fsp3) is 0.529. The van der Waals surface area contributed by atoms with Crippen LogP contribution >= 0.6 is 0 Å². The quantitative estimate of drug-likeness (QED) is 0.505. The maximum absolute atomic E-state index is 13.6. The van der Waals surface area contributed by atoms with Crippen molar-refractivity contribution < 1.29 is 13.2 Å². The molecular formula is C17H21F3. The van der Waals surface area contributed by atoms with E-state index in [0.717, 1.165) is 25.0 Å². The van der Waals surface area contributed by atoms with Crippen LogP contribution in [0.25, 0.3) is 0 Å². The first kappa shape index (κ1) is 15.1. The summed E-state index contributed by atoms with van der Waals surface area (Å²) in [7, 11) is 0. The van der Waals surface area contributed by atoms with Gasteiger partial charge >= 0.3 is 0 Å². The third-order valence-corrected chi connectivity index (χ3v) is 4.58. The predicted molar refractivity (Wildman–Crippen MR) is 75.0 cm³/mol. The summed E-state index contributed by atoms with van der Waals surface area (Å²) in [5.41, 5.74) is 1.28. The van der Waals surface area contributed by atoms with Gasteiger partial charge < -0.3 is 0 Å². The fourth-order valence-electron chi connectivity index (χ4n) is 3.56. The van der Waals surface area contributed by atoms with Gasteiger partial charge in [0.2, 0.25) is 0 Å². The molecule has 0 radical (unpaired) electrons. The Kier molecular flexibility index (Phi) is 3.99. The highest BCUT2D eigenvalue weighted by Gasteiger charge is 2.39. The molecule has 1 aliphatic rings. The molecule has 0 amide bonds. The summed E-state index contributed by atoms with van der Waals surface area (Å²) in [5, 5.41) is 0. The van der Waals surface area contributed by atoms with Crippen LogP contribution in [-0.2, 0) is 5.41 Å². The van der Waals surface area contributed by atoms with E-state index in [-0.39, 0.29) is 5.92 Å². The molecule has 0 aromatic heterocycles. The highest BCUT2D eigenvalue weighted by molar-refractivity contribution is 5.36. The van der Waals surface area contributed by atoms with Gasteiger partial charge in [0.1, 0.15) is 0 Å². The minimum Gasteiger partial charge on any atom is -0.204 e. The Labute approximate surface area is 118 Å². The summed E-state index contributed by atoms with van der Waals surface area (Å²) in [5.74, 6) is -2.94. The van der Waals surface area contributed by atoms with E-state index in [2.05, 4.69) is 19.9 Å². The van der Waals surface area contributed by atoms with Crippen molar-refractivity contribution in [3.8, 4) is 0 Å². The number of hydrogen-bond acceptors (Lipinski definition) is 0. The molecule has 0 saturated carbocycles. The molecule has 0 bridgehead atoms. The number of allylic oxidation sites excluding steroid dienone is 2. The first-order chi connectivity index (χ1) is 9.25. The molecule has 1 aliphatic carbocycles. The molecule has 0 fully saturated rings. The zero-order valence-electron chi connectivity index (χ0n) is 12.4. The molecule has 2 atom stereocenters. The summed E-state index contributed by atoms with van der Waals surface area (Å²) >= 11 is 0. The standard InChI is InChI=1S/C17H21F3/c1-10(2)13-6-5-11(3)9-17(13,4)12-7-14(18)16(20)15(19)8-12/h7-10,13H,5-6H2,1-4H3/t13?,17-/m1/s1. The highest BCUT2D eigenvalue weighted by Crippen LogP contribution is 2.45. The molecule has 1 unspecified atom stereocenters. The van der Waals surface area contributed by atoms with Crippen molar-refractivity contribution in [3.63, 3.8) is 0 Å². The van der Waals surface area contributed by atoms with Crippen molar-refractivity contribution >= 4 is 0 Å². The van der Waals surface area contributed by atoms with Crippen LogP contribution in [-0.4, -0.2) is 0 Å². The van der Waals surface area contributed by atoms with Gasteiger partial charge in [0.25, 0.3) is 0 Å². The zero-order chi connectivity index (χ0) is 15.1. The lowest BCUT2D eigenvalue weighted by atomic mass is 9.62. The van der Waals surface area contributed by atoms with Gasteiger partial charge in [-0.1, -0.05) is 32.4 Å². The van der Waals surface area contributed by atoms with Gasteiger partial charge in [0.05, 0.1) is 0 Å². The Morgan fingerprint density at radius 2 is 1.70 bits per heavy atom. The second-order valence-corrected chi connectivity index (χ2v) is 6.42. The summed E-state index contributed by atoms with van der Waals surface area (Å²) < 4.78 is 40.3. The molecule has 0 saturated heterocycles. The number of benzene rings is 1. The van der Waals surface area contributed by atoms with E-state index < -0.39 is 22.9 Å². The summed E-state index contributed by atoms with van der Waals surface area (Å²) in [4.78, 5) is 0. The highest BCUT2D eigenvalue weighted by atomic mass is 19.2. The van der Waals surface area contributed by atoms with E-state index in [4.69, 9.17) is 0 Å². The van der Waals surface area contributed by atoms with Crippen LogP contribution in [0.4, 0.5) is 13.2 Å². The molecular weight excluding hydrogens is 261 g/mol. The average molecular weight is 282 g/mol. The van der Waals surface area contributed by atoms with Crippen molar-refractivity contribution in [3.05, 3.63) is 46.8 Å². The van der Waals surface area contributed by atoms with E-state index in [1.807, 2.05) is 13.8 Å². The summed E-state index contributed by atoms with van der Waals surface area (Å²) in [6.07, 6.45) is 4.08. The van der Waals surface area contributed by atoms with Gasteiger partial charge in [-0.15, -0.1) is 0 Å². The van der Waals surface area contributed by atoms with Crippen LogP contribution in [0.1, 0.15) is 46.1 Å². The van der Waals surface area contributed by atoms with Crippen LogP contribution in [0.3, 0.4) is 0 Å². The van der Waals surface area contributed by atoms with Crippen LogP contribution in [0.5, 0.6) is 0 Å². The molecule has 0 N–H and O–H groups in total. The molecule has 110 valence electrons. The van der Waals surface area contributed by atoms with Gasteiger partial charge in [-0.25, -0.2) is 13.2 Å². The maximum Gasteiger partial charge on any atom is 0.194 e. The van der Waals surface area contributed by atoms with Gasteiger partial charge in [-0.3, -0.25) is 0 Å². The molecule has 0 heterocycles. The lowest BCUT2D eigenvalue weighted by Gasteiger charge is -2.42. The minimum absolute atomic E-state index is 0.287. The maximum atomic E-state index is 13.6. The predicted octanol–water partition coefficient (Wildman–Crippen LogP) is 5.37. The Bertz CT molecular complexity index is 522. The van der Waals surface area contributed by atoms with Crippen molar-refractivity contribution in [2.45, 2.75) is 46.0 Å². The van der Waals surface area contributed by atoms with E-state index in [1.165, 1.54) is 5.57 Å². The minimum atomic E-state index is -1.39. The van der Waals surface area contributed by atoms with Crippen LogP contribution < -0.4 is 0 Å². The Hall–Kier alpha value is -1.25. The molecule has 20 heavy (non-hydrogen) atoms. The molecule has 0 aliphatic heterocycles. The first-order valence-corrected chi connectivity index (χ1v) is 7.09. The fourth-order valence-corrected chi connectivity index (χ4v) is 3.56. The zero-order valence-corrected chi connectivity index (χ0v) is 12.4. The SMILES string of the molecule is CC1=C[C@](C)(c2cc(F)c(F)c(F)c2)C(C(C)C)CC1. The molecule has 1 aromatic carbocycles. The van der Waals surface area contributed by atoms with Gasteiger partial charge in [0, 0.05) is 5.41 Å². The normalized spacial score (nSPS) is 26.8. The van der Waals surface area contributed by atoms with Crippen LogP contribution in [0, 0.1) is 29.3 Å². The Balaban J connectivity index is 2.59.